The molecule has 1 saturated carbocycles. The molecular weight excluding hydrogens is 396 g/mol. The molecule has 27 heavy (non-hydrogen) atoms. The van der Waals surface area contributed by atoms with Crippen LogP contribution in [0.4, 0.5) is 25.8 Å². The molecule has 0 amide bonds. The van der Waals surface area contributed by atoms with E-state index in [1.807, 2.05) is 0 Å². The van der Waals surface area contributed by atoms with Crippen LogP contribution in [0.15, 0.2) is 42.5 Å². The predicted molar refractivity (Wildman–Crippen MR) is 108 cm³/mol. The molecule has 148 valence electrons. The smallest absolute Gasteiger partial charge is 0.151 e. The molecule has 0 aromatic heterocycles. The average molecular weight is 418 g/mol. The Kier molecular flexibility index (Phi) is 5.83. The van der Waals surface area contributed by atoms with E-state index < -0.39 is 22.6 Å². The molecule has 1 fully saturated rings. The van der Waals surface area contributed by atoms with Gasteiger partial charge in [0.2, 0.25) is 0 Å². The van der Waals surface area contributed by atoms with Crippen molar-refractivity contribution in [3.8, 4) is 0 Å². The Morgan fingerprint density at radius 3 is 2.41 bits per heavy atom. The van der Waals surface area contributed by atoms with Gasteiger partial charge in [-0.2, -0.15) is 0 Å². The molecule has 0 atom stereocenters. The van der Waals surface area contributed by atoms with E-state index in [-0.39, 0.29) is 18.1 Å². The summed E-state index contributed by atoms with van der Waals surface area (Å²) in [7, 11) is -3.48. The van der Waals surface area contributed by atoms with Crippen molar-refractivity contribution >= 4 is 40.4 Å². The first kappa shape index (κ1) is 20.2. The third-order valence-corrected chi connectivity index (χ3v) is 6.44. The van der Waals surface area contributed by atoms with Gasteiger partial charge in [0.05, 0.1) is 11.4 Å². The molecule has 2 aromatic carbocycles. The van der Waals surface area contributed by atoms with Crippen LogP contribution in [-0.2, 0) is 0 Å². The van der Waals surface area contributed by atoms with Crippen molar-refractivity contribution in [2.24, 2.45) is 0 Å². The Balaban J connectivity index is 0.00000210. The summed E-state index contributed by atoms with van der Waals surface area (Å²) in [5.74, 6) is -1.55. The van der Waals surface area contributed by atoms with E-state index in [2.05, 4.69) is 5.32 Å². The topological polar surface area (TPSA) is 59.0 Å². The molecule has 1 aliphatic heterocycles. The van der Waals surface area contributed by atoms with Crippen molar-refractivity contribution in [3.05, 3.63) is 54.1 Å². The first-order chi connectivity index (χ1) is 12.5. The number of benzene rings is 2. The number of fused-ring (bicyclic) bond motifs is 1. The van der Waals surface area contributed by atoms with E-state index in [4.69, 9.17) is 0 Å². The lowest BCUT2D eigenvalue weighted by atomic mass is 10.2. The number of nitrogens with zero attached hydrogens (tertiary/aromatic N) is 2. The zero-order chi connectivity index (χ0) is 18.3. The number of rotatable bonds is 6. The van der Waals surface area contributed by atoms with Crippen LogP contribution in [0.5, 0.6) is 0 Å². The SMILES string of the molecule is Cl.OS1(O)N(CCCNC2CC2)c2ccccc2N1c1ccc(F)cc1F. The second-order valence-corrected chi connectivity index (χ2v) is 8.34. The number of anilines is 3. The van der Waals surface area contributed by atoms with Crippen molar-refractivity contribution in [3.63, 3.8) is 0 Å². The molecule has 9 heteroatoms. The maximum Gasteiger partial charge on any atom is 0.151 e. The van der Waals surface area contributed by atoms with E-state index in [1.54, 1.807) is 24.3 Å². The van der Waals surface area contributed by atoms with Gasteiger partial charge in [-0.05, 0) is 61.0 Å². The zero-order valence-corrected chi connectivity index (χ0v) is 16.1. The highest BCUT2D eigenvalue weighted by Gasteiger charge is 2.42. The lowest BCUT2D eigenvalue weighted by molar-refractivity contribution is 0.481. The lowest BCUT2D eigenvalue weighted by Gasteiger charge is -2.43. The fourth-order valence-corrected chi connectivity index (χ4v) is 5.00. The third-order valence-electron chi connectivity index (χ3n) is 4.59. The van der Waals surface area contributed by atoms with Crippen molar-refractivity contribution in [1.29, 1.82) is 0 Å². The molecule has 0 bridgehead atoms. The highest BCUT2D eigenvalue weighted by Crippen LogP contribution is 2.64. The van der Waals surface area contributed by atoms with Gasteiger partial charge in [0.25, 0.3) is 0 Å². The molecule has 4 rings (SSSR count). The minimum absolute atomic E-state index is 0. The van der Waals surface area contributed by atoms with E-state index in [1.165, 1.54) is 27.5 Å². The fraction of sp³-hybridized carbons (Fsp3) is 0.333. The van der Waals surface area contributed by atoms with Gasteiger partial charge in [-0.25, -0.2) is 13.1 Å². The van der Waals surface area contributed by atoms with E-state index in [0.717, 1.165) is 25.1 Å². The molecule has 1 heterocycles. The van der Waals surface area contributed by atoms with Gasteiger partial charge in [-0.1, -0.05) is 12.1 Å². The Hall–Kier alpha value is -1.58. The molecule has 0 unspecified atom stereocenters. The molecular formula is C18H22ClF2N3O2S. The number of hydrogen-bond acceptors (Lipinski definition) is 5. The van der Waals surface area contributed by atoms with Gasteiger partial charge in [0, 0.05) is 18.7 Å². The summed E-state index contributed by atoms with van der Waals surface area (Å²) in [6.07, 6.45) is 3.11. The highest BCUT2D eigenvalue weighted by atomic mass is 35.5. The molecule has 5 nitrogen and oxygen atoms in total. The van der Waals surface area contributed by atoms with Gasteiger partial charge in [-0.15, -0.1) is 12.4 Å². The number of para-hydroxylation sites is 2. The van der Waals surface area contributed by atoms with E-state index >= 15 is 0 Å². The maximum atomic E-state index is 14.4. The monoisotopic (exact) mass is 417 g/mol. The molecule has 1 aliphatic carbocycles. The Labute approximate surface area is 165 Å². The van der Waals surface area contributed by atoms with Crippen LogP contribution in [0.1, 0.15) is 19.3 Å². The minimum Gasteiger partial charge on any atom is -0.314 e. The number of hydrogen-bond donors (Lipinski definition) is 3. The van der Waals surface area contributed by atoms with Crippen LogP contribution in [0.3, 0.4) is 0 Å². The predicted octanol–water partition coefficient (Wildman–Crippen LogP) is 5.07. The Morgan fingerprint density at radius 1 is 1.04 bits per heavy atom. The summed E-state index contributed by atoms with van der Waals surface area (Å²) >= 11 is 0. The maximum absolute atomic E-state index is 14.4. The summed E-state index contributed by atoms with van der Waals surface area (Å²) in [4.78, 5) is 0. The second kappa shape index (κ2) is 7.81. The summed E-state index contributed by atoms with van der Waals surface area (Å²) in [6, 6.07) is 10.7. The molecule has 2 aromatic rings. The first-order valence-electron chi connectivity index (χ1n) is 8.62. The summed E-state index contributed by atoms with van der Waals surface area (Å²) in [5, 5.41) is 3.39. The van der Waals surface area contributed by atoms with Crippen molar-refractivity contribution < 1.29 is 17.9 Å². The van der Waals surface area contributed by atoms with Gasteiger partial charge in [0.1, 0.15) is 11.5 Å². The Bertz CT molecular complexity index is 823. The first-order valence-corrected chi connectivity index (χ1v) is 10.1. The number of halogens is 3. The molecule has 0 radical (unpaired) electrons. The minimum atomic E-state index is -3.48. The number of nitrogens with one attached hydrogen (secondary N) is 1. The molecule has 0 spiro atoms. The van der Waals surface area contributed by atoms with Crippen LogP contribution in [-0.4, -0.2) is 28.2 Å². The standard InChI is InChI=1S/C18H21F2N3O2S.ClH/c19-13-6-9-16(15(20)12-13)23-18-5-2-1-4-17(18)22(26(23,24)25)11-3-10-21-14-7-8-14;/h1-2,4-6,9,12,14,21,24-25H,3,7-8,10-11H2;1H. The third kappa shape index (κ3) is 3.86. The lowest BCUT2D eigenvalue weighted by Crippen LogP contribution is -2.33. The second-order valence-electron chi connectivity index (χ2n) is 6.55. The largest absolute Gasteiger partial charge is 0.314 e. The quantitative estimate of drug-likeness (QED) is 0.573. The van der Waals surface area contributed by atoms with Crippen LogP contribution >= 0.6 is 23.4 Å². The molecule has 0 saturated heterocycles. The average Bonchev–Trinajstić information content (AvgIpc) is 3.38. The summed E-state index contributed by atoms with van der Waals surface area (Å²) in [5.41, 5.74) is 1.06. The van der Waals surface area contributed by atoms with Crippen molar-refractivity contribution in [1.82, 2.24) is 5.32 Å². The van der Waals surface area contributed by atoms with Crippen molar-refractivity contribution in [2.75, 3.05) is 21.7 Å². The fourth-order valence-electron chi connectivity index (χ4n) is 3.18. The van der Waals surface area contributed by atoms with Gasteiger partial charge in [0.15, 0.2) is 5.82 Å². The van der Waals surface area contributed by atoms with Crippen LogP contribution in [0.2, 0.25) is 0 Å². The highest BCUT2D eigenvalue weighted by molar-refractivity contribution is 8.27. The van der Waals surface area contributed by atoms with E-state index in [9.17, 15) is 17.9 Å². The van der Waals surface area contributed by atoms with Gasteiger partial charge >= 0.3 is 0 Å². The van der Waals surface area contributed by atoms with Crippen molar-refractivity contribution in [2.45, 2.75) is 25.3 Å². The van der Waals surface area contributed by atoms with Crippen LogP contribution < -0.4 is 13.9 Å². The summed E-state index contributed by atoms with van der Waals surface area (Å²) < 4.78 is 52.1. The summed E-state index contributed by atoms with van der Waals surface area (Å²) in [6.45, 7) is 1.20. The van der Waals surface area contributed by atoms with Gasteiger partial charge < -0.3 is 5.32 Å². The molecule has 3 N–H and O–H groups in total. The van der Waals surface area contributed by atoms with E-state index in [0.29, 0.717) is 24.0 Å². The zero-order valence-electron chi connectivity index (χ0n) is 14.5. The van der Waals surface area contributed by atoms with Crippen LogP contribution in [0, 0.1) is 11.6 Å². The molecule has 2 aliphatic rings. The Morgan fingerprint density at radius 2 is 1.74 bits per heavy atom. The normalized spacial score (nSPS) is 18.8. The van der Waals surface area contributed by atoms with Crippen LogP contribution in [0.25, 0.3) is 0 Å². The van der Waals surface area contributed by atoms with Gasteiger partial charge in [-0.3, -0.25) is 13.4 Å².